The van der Waals surface area contributed by atoms with Crippen molar-refractivity contribution in [1.82, 2.24) is 4.90 Å². The van der Waals surface area contributed by atoms with Gasteiger partial charge in [-0.15, -0.1) is 6.58 Å². The van der Waals surface area contributed by atoms with E-state index in [2.05, 4.69) is 29.2 Å². The van der Waals surface area contributed by atoms with E-state index in [0.29, 0.717) is 21.9 Å². The number of fused-ring (bicyclic) bond motifs is 2. The number of hydrogen-bond donors (Lipinski definition) is 0. The fourth-order valence-electron chi connectivity index (χ4n) is 3.03. The highest BCUT2D eigenvalue weighted by Gasteiger charge is 2.47. The lowest BCUT2D eigenvalue weighted by atomic mass is 9.91. The lowest BCUT2D eigenvalue weighted by Crippen LogP contribution is -2.43. The van der Waals surface area contributed by atoms with Crippen molar-refractivity contribution in [3.05, 3.63) is 12.7 Å². The smallest absolute Gasteiger partial charge is 0.410 e. The van der Waals surface area contributed by atoms with E-state index in [-0.39, 0.29) is 6.09 Å². The molecule has 1 amide bonds. The number of alkyl halides is 1. The predicted molar refractivity (Wildman–Crippen MR) is 71.8 cm³/mol. The molecule has 16 heavy (non-hydrogen) atoms. The molecule has 0 aromatic heterocycles. The molecule has 3 nitrogen and oxygen atoms in total. The van der Waals surface area contributed by atoms with Gasteiger partial charge in [0.2, 0.25) is 0 Å². The molecule has 2 aliphatic rings. The van der Waals surface area contributed by atoms with Crippen molar-refractivity contribution in [2.24, 2.45) is 5.92 Å². The molecule has 2 aliphatic heterocycles. The molecule has 2 bridgehead atoms. The largest absolute Gasteiger partial charge is 0.453 e. The maximum Gasteiger partial charge on any atom is 0.410 e. The number of ether oxygens (including phenoxy) is 1. The van der Waals surface area contributed by atoms with Gasteiger partial charge in [-0.2, -0.15) is 0 Å². The second-order valence-corrected chi connectivity index (χ2v) is 6.19. The van der Waals surface area contributed by atoms with Crippen molar-refractivity contribution in [3.8, 4) is 0 Å². The maximum absolute atomic E-state index is 11.9. The molecular weight excluding hydrogens is 317 g/mol. The first-order valence-corrected chi connectivity index (χ1v) is 7.06. The third-order valence-corrected chi connectivity index (χ3v) is 5.16. The van der Waals surface area contributed by atoms with Crippen molar-refractivity contribution in [3.63, 3.8) is 0 Å². The molecule has 90 valence electrons. The third-order valence-electron chi connectivity index (χ3n) is 3.82. The zero-order valence-corrected chi connectivity index (χ0v) is 11.7. The van der Waals surface area contributed by atoms with E-state index < -0.39 is 0 Å². The number of hydrogen-bond acceptors (Lipinski definition) is 2. The molecule has 2 rings (SSSR count). The molecule has 0 N–H and O–H groups in total. The van der Waals surface area contributed by atoms with Crippen LogP contribution < -0.4 is 0 Å². The summed E-state index contributed by atoms with van der Waals surface area (Å²) >= 11 is 2.47. The number of carbonyl (C=O) groups is 1. The van der Waals surface area contributed by atoms with Crippen molar-refractivity contribution < 1.29 is 9.53 Å². The summed E-state index contributed by atoms with van der Waals surface area (Å²) in [5.74, 6) is 0.434. The van der Waals surface area contributed by atoms with E-state index in [1.807, 2.05) is 11.0 Å². The van der Waals surface area contributed by atoms with Crippen molar-refractivity contribution in [2.75, 3.05) is 7.11 Å². The van der Waals surface area contributed by atoms with Gasteiger partial charge in [0, 0.05) is 16.0 Å². The van der Waals surface area contributed by atoms with Crippen LogP contribution in [0, 0.1) is 5.92 Å². The Morgan fingerprint density at radius 3 is 2.88 bits per heavy atom. The van der Waals surface area contributed by atoms with Gasteiger partial charge >= 0.3 is 6.09 Å². The third kappa shape index (κ3) is 1.96. The van der Waals surface area contributed by atoms with Gasteiger partial charge in [-0.25, -0.2) is 4.79 Å². The van der Waals surface area contributed by atoms with Crippen LogP contribution in [0.3, 0.4) is 0 Å². The quantitative estimate of drug-likeness (QED) is 0.419. The van der Waals surface area contributed by atoms with E-state index in [9.17, 15) is 4.79 Å². The summed E-state index contributed by atoms with van der Waals surface area (Å²) in [6, 6.07) is 0.669. The molecule has 1 unspecified atom stereocenters. The number of carbonyl (C=O) groups excluding carboxylic acids is 1. The molecule has 0 saturated carbocycles. The summed E-state index contributed by atoms with van der Waals surface area (Å²) in [7, 11) is 1.47. The van der Waals surface area contributed by atoms with E-state index in [0.717, 1.165) is 19.3 Å². The van der Waals surface area contributed by atoms with Crippen molar-refractivity contribution in [1.29, 1.82) is 0 Å². The Morgan fingerprint density at radius 2 is 2.25 bits per heavy atom. The second-order valence-electron chi connectivity index (χ2n) is 4.59. The summed E-state index contributed by atoms with van der Waals surface area (Å²) in [5.41, 5.74) is 0. The topological polar surface area (TPSA) is 29.5 Å². The van der Waals surface area contributed by atoms with Gasteiger partial charge in [0.25, 0.3) is 0 Å². The average Bonchev–Trinajstić information content (AvgIpc) is 2.48. The predicted octanol–water partition coefficient (Wildman–Crippen LogP) is 2.99. The normalized spacial score (nSPS) is 38.0. The fourth-order valence-corrected chi connectivity index (χ4v) is 4.26. The summed E-state index contributed by atoms with van der Waals surface area (Å²) in [4.78, 5) is 13.8. The Balaban J connectivity index is 2.27. The van der Waals surface area contributed by atoms with Gasteiger partial charge in [-0.3, -0.25) is 0 Å². The van der Waals surface area contributed by atoms with Crippen LogP contribution in [0.15, 0.2) is 12.7 Å². The summed E-state index contributed by atoms with van der Waals surface area (Å²) in [6.07, 6.45) is 6.37. The van der Waals surface area contributed by atoms with Crippen molar-refractivity contribution in [2.45, 2.75) is 41.7 Å². The second kappa shape index (κ2) is 4.94. The average molecular weight is 335 g/mol. The summed E-state index contributed by atoms with van der Waals surface area (Å²) < 4.78 is 5.48. The first kappa shape index (κ1) is 12.2. The minimum Gasteiger partial charge on any atom is -0.453 e. The summed E-state index contributed by atoms with van der Waals surface area (Å²) in [5, 5.41) is 0. The Kier molecular flexibility index (Phi) is 3.77. The lowest BCUT2D eigenvalue weighted by molar-refractivity contribution is 0.0983. The lowest BCUT2D eigenvalue weighted by Gasteiger charge is -2.29. The van der Waals surface area contributed by atoms with Gasteiger partial charge in [0.05, 0.1) is 7.11 Å². The monoisotopic (exact) mass is 335 g/mol. The number of methoxy groups -OCH3 is 1. The minimum absolute atomic E-state index is 0.164. The Morgan fingerprint density at radius 1 is 1.50 bits per heavy atom. The van der Waals surface area contributed by atoms with Crippen LogP contribution in [0.2, 0.25) is 0 Å². The maximum atomic E-state index is 11.9. The number of rotatable bonds is 1. The molecule has 0 aliphatic carbocycles. The molecule has 2 fully saturated rings. The highest BCUT2D eigenvalue weighted by Crippen LogP contribution is 2.41. The van der Waals surface area contributed by atoms with Crippen LogP contribution in [0.5, 0.6) is 0 Å². The van der Waals surface area contributed by atoms with Crippen molar-refractivity contribution >= 4 is 28.7 Å². The van der Waals surface area contributed by atoms with Gasteiger partial charge < -0.3 is 9.64 Å². The highest BCUT2D eigenvalue weighted by molar-refractivity contribution is 14.1. The van der Waals surface area contributed by atoms with E-state index in [4.69, 9.17) is 4.74 Å². The van der Waals surface area contributed by atoms with Gasteiger partial charge in [0.15, 0.2) is 0 Å². The number of nitrogens with zero attached hydrogens (tertiary/aromatic N) is 1. The Labute approximate surface area is 110 Å². The molecule has 0 radical (unpaired) electrons. The van der Waals surface area contributed by atoms with Crippen LogP contribution in [0.1, 0.15) is 25.7 Å². The van der Waals surface area contributed by atoms with Gasteiger partial charge in [0.1, 0.15) is 0 Å². The molecule has 4 heteroatoms. The summed E-state index contributed by atoms with van der Waals surface area (Å²) in [6.45, 7) is 3.91. The number of halogens is 1. The van der Waals surface area contributed by atoms with Crippen LogP contribution in [-0.2, 0) is 4.74 Å². The van der Waals surface area contributed by atoms with Gasteiger partial charge in [-0.05, 0) is 25.2 Å². The highest BCUT2D eigenvalue weighted by atomic mass is 127. The van der Waals surface area contributed by atoms with E-state index >= 15 is 0 Å². The van der Waals surface area contributed by atoms with Crippen LogP contribution in [0.25, 0.3) is 0 Å². The molecular formula is C12H18INO2. The van der Waals surface area contributed by atoms with E-state index in [1.54, 1.807) is 0 Å². The molecule has 2 saturated heterocycles. The molecule has 0 aromatic rings. The zero-order valence-electron chi connectivity index (χ0n) is 9.56. The Bertz CT molecular complexity index is 295. The molecule has 2 heterocycles. The minimum atomic E-state index is -0.164. The molecule has 4 atom stereocenters. The fraction of sp³-hybridized carbons (Fsp3) is 0.750. The Hall–Kier alpha value is -0.260. The van der Waals surface area contributed by atoms with Crippen LogP contribution in [0.4, 0.5) is 4.79 Å². The molecule has 0 spiro atoms. The first-order valence-electron chi connectivity index (χ1n) is 5.82. The van der Waals surface area contributed by atoms with Gasteiger partial charge in [-0.1, -0.05) is 35.1 Å². The standard InChI is InChI=1S/C12H18INO2/c1-3-8-5-4-6-10-9(13)7-11(8)14(10)12(15)16-2/h3,8-11H,1,4-7H2,2H3/t8?,9-,10-,11-/m1/s1. The van der Waals surface area contributed by atoms with E-state index in [1.165, 1.54) is 13.5 Å². The first-order chi connectivity index (χ1) is 7.69. The zero-order chi connectivity index (χ0) is 11.7. The van der Waals surface area contributed by atoms with Crippen LogP contribution in [-0.4, -0.2) is 34.1 Å². The number of amides is 1. The molecule has 0 aromatic carbocycles. The SMILES string of the molecule is C=CC1CCC[C@@H]2[C@H](I)C[C@H]1N2C(=O)OC. The van der Waals surface area contributed by atoms with Crippen LogP contribution >= 0.6 is 22.6 Å².